The van der Waals surface area contributed by atoms with Crippen molar-refractivity contribution in [3.63, 3.8) is 0 Å². The molecule has 0 fully saturated rings. The Labute approximate surface area is 247 Å². The predicted octanol–water partition coefficient (Wildman–Crippen LogP) is 6.86. The molecule has 0 saturated heterocycles. The van der Waals surface area contributed by atoms with E-state index in [2.05, 4.69) is 24.5 Å². The van der Waals surface area contributed by atoms with Crippen molar-refractivity contribution in [1.29, 1.82) is 0 Å². The lowest BCUT2D eigenvalue weighted by molar-refractivity contribution is -0.146. The summed E-state index contributed by atoms with van der Waals surface area (Å²) in [6.45, 7) is 19.8. The van der Waals surface area contributed by atoms with Gasteiger partial charge in [-0.05, 0) is 88.5 Å². The number of carbonyl (C=O) groups is 3. The van der Waals surface area contributed by atoms with E-state index in [0.717, 1.165) is 28.7 Å². The number of hydrogen-bond donors (Lipinski definition) is 2. The second-order valence-electron chi connectivity index (χ2n) is 12.9. The molecule has 41 heavy (non-hydrogen) atoms. The Morgan fingerprint density at radius 3 is 2.05 bits per heavy atom. The van der Waals surface area contributed by atoms with E-state index in [9.17, 15) is 14.4 Å². The highest BCUT2D eigenvalue weighted by molar-refractivity contribution is 5.92. The summed E-state index contributed by atoms with van der Waals surface area (Å²) in [5.41, 5.74) is 3.14. The van der Waals surface area contributed by atoms with Gasteiger partial charge in [0, 0.05) is 12.6 Å². The summed E-state index contributed by atoms with van der Waals surface area (Å²) in [5.74, 6) is -0.369. The third-order valence-corrected chi connectivity index (χ3v) is 7.18. The van der Waals surface area contributed by atoms with Crippen LogP contribution in [0.15, 0.2) is 48.5 Å². The van der Waals surface area contributed by atoms with Gasteiger partial charge in [-0.25, -0.2) is 4.79 Å². The number of amides is 3. The zero-order valence-electron chi connectivity index (χ0n) is 26.7. The Bertz CT molecular complexity index is 1150. The largest absolute Gasteiger partial charge is 0.444 e. The van der Waals surface area contributed by atoms with Crippen LogP contribution in [0.1, 0.15) is 96.5 Å². The van der Waals surface area contributed by atoms with E-state index in [0.29, 0.717) is 18.9 Å². The van der Waals surface area contributed by atoms with Gasteiger partial charge in [-0.1, -0.05) is 76.2 Å². The number of alkyl carbamates (subject to hydrolysis) is 1. The fourth-order valence-corrected chi connectivity index (χ4v) is 4.68. The molecule has 226 valence electrons. The van der Waals surface area contributed by atoms with Crippen molar-refractivity contribution in [3.8, 4) is 0 Å². The first kappa shape index (κ1) is 33.9. The number of rotatable bonds is 12. The van der Waals surface area contributed by atoms with E-state index >= 15 is 0 Å². The molecule has 0 aromatic heterocycles. The van der Waals surface area contributed by atoms with Crippen molar-refractivity contribution in [3.05, 3.63) is 70.8 Å². The highest BCUT2D eigenvalue weighted by Gasteiger charge is 2.40. The van der Waals surface area contributed by atoms with Gasteiger partial charge in [0.1, 0.15) is 17.7 Å². The maximum atomic E-state index is 14.5. The van der Waals surface area contributed by atoms with Crippen molar-refractivity contribution in [2.75, 3.05) is 0 Å². The molecule has 2 aromatic rings. The molecule has 0 heterocycles. The van der Waals surface area contributed by atoms with Crippen molar-refractivity contribution in [2.45, 2.75) is 112 Å². The second-order valence-corrected chi connectivity index (χ2v) is 12.9. The number of carbonyl (C=O) groups excluding carboxylic acids is 3. The van der Waals surface area contributed by atoms with Gasteiger partial charge < -0.3 is 20.3 Å². The molecule has 0 radical (unpaired) electrons. The number of nitrogens with zero attached hydrogens (tertiary/aromatic N) is 1. The van der Waals surface area contributed by atoms with Crippen LogP contribution in [0.5, 0.6) is 0 Å². The molecule has 0 aliphatic heterocycles. The van der Waals surface area contributed by atoms with Crippen LogP contribution in [-0.4, -0.2) is 40.5 Å². The molecular formula is C34H51N3O4. The van der Waals surface area contributed by atoms with E-state index in [-0.39, 0.29) is 23.8 Å². The maximum Gasteiger partial charge on any atom is 0.408 e. The van der Waals surface area contributed by atoms with Crippen LogP contribution in [0.2, 0.25) is 0 Å². The molecule has 0 bridgehead atoms. The molecule has 2 N–H and O–H groups in total. The summed E-state index contributed by atoms with van der Waals surface area (Å²) in [5, 5.41) is 5.89. The van der Waals surface area contributed by atoms with Crippen molar-refractivity contribution in [2.24, 2.45) is 11.8 Å². The van der Waals surface area contributed by atoms with Crippen LogP contribution < -0.4 is 10.6 Å². The van der Waals surface area contributed by atoms with Gasteiger partial charge in [0.25, 0.3) is 0 Å². The zero-order chi connectivity index (χ0) is 30.9. The average molecular weight is 566 g/mol. The Hall–Kier alpha value is -3.35. The zero-order valence-corrected chi connectivity index (χ0v) is 26.7. The van der Waals surface area contributed by atoms with Gasteiger partial charge in [-0.15, -0.1) is 0 Å². The maximum absolute atomic E-state index is 14.5. The minimum atomic E-state index is -0.880. The topological polar surface area (TPSA) is 87.7 Å². The van der Waals surface area contributed by atoms with E-state index in [1.54, 1.807) is 25.7 Å². The lowest BCUT2D eigenvalue weighted by atomic mass is 9.93. The van der Waals surface area contributed by atoms with Gasteiger partial charge in [0.2, 0.25) is 11.8 Å². The number of ether oxygens (including phenoxy) is 1. The van der Waals surface area contributed by atoms with Crippen molar-refractivity contribution in [1.82, 2.24) is 15.5 Å². The molecule has 3 amide bonds. The first-order valence-electron chi connectivity index (χ1n) is 14.8. The van der Waals surface area contributed by atoms with Crippen LogP contribution in [-0.2, 0) is 20.9 Å². The molecule has 2 rings (SSSR count). The van der Waals surface area contributed by atoms with Gasteiger partial charge in [-0.3, -0.25) is 9.59 Å². The normalized spacial score (nSPS) is 13.9. The summed E-state index contributed by atoms with van der Waals surface area (Å²) in [6, 6.07) is 13.6. The van der Waals surface area contributed by atoms with E-state index in [1.807, 2.05) is 83.1 Å². The SMILES string of the molecule is Cc1ccc(C(C(=O)NCc2ccccc2)N(C(=O)C(NC(=O)OC(C)(C)C)C(C)C)C(C)CCC(C)C)cc1C. The fourth-order valence-electron chi connectivity index (χ4n) is 4.68. The summed E-state index contributed by atoms with van der Waals surface area (Å²) in [7, 11) is 0. The van der Waals surface area contributed by atoms with Gasteiger partial charge in [0.15, 0.2) is 0 Å². The van der Waals surface area contributed by atoms with Crippen LogP contribution >= 0.6 is 0 Å². The van der Waals surface area contributed by atoms with E-state index in [1.165, 1.54) is 0 Å². The smallest absolute Gasteiger partial charge is 0.408 e. The quantitative estimate of drug-likeness (QED) is 0.294. The third kappa shape index (κ3) is 10.5. The fraction of sp³-hybridized carbons (Fsp3) is 0.559. The second kappa shape index (κ2) is 15.0. The van der Waals surface area contributed by atoms with Crippen LogP contribution in [0.3, 0.4) is 0 Å². The molecule has 0 aliphatic carbocycles. The van der Waals surface area contributed by atoms with Gasteiger partial charge in [0.05, 0.1) is 0 Å². The van der Waals surface area contributed by atoms with E-state index < -0.39 is 23.8 Å². The monoisotopic (exact) mass is 565 g/mol. The summed E-state index contributed by atoms with van der Waals surface area (Å²) in [6.07, 6.45) is 0.950. The van der Waals surface area contributed by atoms with Gasteiger partial charge >= 0.3 is 6.09 Å². The molecular weight excluding hydrogens is 514 g/mol. The number of hydrogen-bond acceptors (Lipinski definition) is 4. The standard InChI is InChI=1S/C34H51N3O4/c1-22(2)16-18-26(7)37(32(39)29(23(3)4)36-33(40)41-34(8,9)10)30(28-19-17-24(5)25(6)20-28)31(38)35-21-27-14-12-11-13-15-27/h11-15,17,19-20,22-23,26,29-30H,16,18,21H2,1-10H3,(H,35,38)(H,36,40). The van der Waals surface area contributed by atoms with Crippen LogP contribution in [0, 0.1) is 25.7 Å². The lowest BCUT2D eigenvalue weighted by Gasteiger charge is -2.39. The molecule has 2 aromatic carbocycles. The number of benzene rings is 2. The van der Waals surface area contributed by atoms with Crippen molar-refractivity contribution >= 4 is 17.9 Å². The third-order valence-electron chi connectivity index (χ3n) is 7.18. The first-order chi connectivity index (χ1) is 19.1. The molecule has 0 saturated carbocycles. The Morgan fingerprint density at radius 2 is 1.51 bits per heavy atom. The van der Waals surface area contributed by atoms with Crippen molar-refractivity contribution < 1.29 is 19.1 Å². The van der Waals surface area contributed by atoms with E-state index in [4.69, 9.17) is 4.74 Å². The summed E-state index contributed by atoms with van der Waals surface area (Å²) < 4.78 is 5.50. The molecule has 3 atom stereocenters. The lowest BCUT2D eigenvalue weighted by Crippen LogP contribution is -2.57. The Balaban J connectivity index is 2.58. The predicted molar refractivity (Wildman–Crippen MR) is 165 cm³/mol. The molecule has 3 unspecified atom stereocenters. The average Bonchev–Trinajstić information content (AvgIpc) is 2.88. The molecule has 0 spiro atoms. The number of nitrogens with one attached hydrogen (secondary N) is 2. The van der Waals surface area contributed by atoms with Crippen LogP contribution in [0.4, 0.5) is 4.79 Å². The van der Waals surface area contributed by atoms with Gasteiger partial charge in [-0.2, -0.15) is 0 Å². The highest BCUT2D eigenvalue weighted by atomic mass is 16.6. The molecule has 7 nitrogen and oxygen atoms in total. The summed E-state index contributed by atoms with van der Waals surface area (Å²) >= 11 is 0. The van der Waals surface area contributed by atoms with Crippen LogP contribution in [0.25, 0.3) is 0 Å². The Kier molecular flexibility index (Phi) is 12.4. The summed E-state index contributed by atoms with van der Waals surface area (Å²) in [4.78, 5) is 43.1. The highest BCUT2D eigenvalue weighted by Crippen LogP contribution is 2.30. The molecule has 7 heteroatoms. The number of aryl methyl sites for hydroxylation is 2. The molecule has 0 aliphatic rings. The Morgan fingerprint density at radius 1 is 0.878 bits per heavy atom. The minimum Gasteiger partial charge on any atom is -0.444 e. The minimum absolute atomic E-state index is 0.234. The first-order valence-corrected chi connectivity index (χ1v) is 14.8.